The van der Waals surface area contributed by atoms with Gasteiger partial charge in [0.15, 0.2) is 0 Å². The van der Waals surface area contributed by atoms with Gasteiger partial charge in [0.25, 0.3) is 0 Å². The van der Waals surface area contributed by atoms with Crippen LogP contribution in [-0.4, -0.2) is 73.6 Å². The number of ether oxygens (including phenoxy) is 5. The van der Waals surface area contributed by atoms with Crippen molar-refractivity contribution in [3.05, 3.63) is 130 Å². The molecule has 0 aromatic heterocycles. The van der Waals surface area contributed by atoms with E-state index in [1.54, 1.807) is 114 Å². The number of hydrogen-bond donors (Lipinski definition) is 0. The predicted octanol–water partition coefficient (Wildman–Crippen LogP) is 9.25. The van der Waals surface area contributed by atoms with E-state index in [4.69, 9.17) is 23.7 Å². The van der Waals surface area contributed by atoms with Crippen LogP contribution in [0.15, 0.2) is 84.9 Å². The summed E-state index contributed by atoms with van der Waals surface area (Å²) < 4.78 is 57.4. The molecule has 0 saturated heterocycles. The Morgan fingerprint density at radius 3 is 1.30 bits per heavy atom. The Bertz CT molecular complexity index is 1870. The lowest BCUT2D eigenvalue weighted by Crippen LogP contribution is -2.38. The van der Waals surface area contributed by atoms with Gasteiger partial charge < -0.3 is 33.5 Å². The molecule has 4 rings (SSSR count). The molecule has 0 aliphatic rings. The Morgan fingerprint density at radius 1 is 0.579 bits per heavy atom. The first-order valence-corrected chi connectivity index (χ1v) is 18.8. The van der Waals surface area contributed by atoms with Gasteiger partial charge in [0.05, 0.1) is 34.4 Å². The first kappa shape index (κ1) is 44.1. The zero-order valence-corrected chi connectivity index (χ0v) is 34.3. The molecule has 0 saturated carbocycles. The van der Waals surface area contributed by atoms with Crippen LogP contribution in [-0.2, 0) is 44.9 Å². The second-order valence-electron chi connectivity index (χ2n) is 15.6. The van der Waals surface area contributed by atoms with E-state index in [1.807, 2.05) is 0 Å². The van der Waals surface area contributed by atoms with Crippen molar-refractivity contribution in [3.63, 3.8) is 0 Å². The van der Waals surface area contributed by atoms with Crippen LogP contribution >= 0.6 is 0 Å². The minimum Gasteiger partial charge on any atom is -0.496 e. The maximum absolute atomic E-state index is 14.6. The van der Waals surface area contributed by atoms with E-state index in [2.05, 4.69) is 0 Å². The molecule has 0 fully saturated rings. The van der Waals surface area contributed by atoms with Crippen molar-refractivity contribution >= 4 is 18.2 Å². The Hall–Kier alpha value is -5.65. The number of benzene rings is 4. The van der Waals surface area contributed by atoms with Gasteiger partial charge in [-0.3, -0.25) is 4.79 Å². The van der Waals surface area contributed by atoms with Gasteiger partial charge in [0.1, 0.15) is 40.3 Å². The Morgan fingerprint density at radius 2 is 0.965 bits per heavy atom. The highest BCUT2D eigenvalue weighted by molar-refractivity contribution is 5.82. The minimum atomic E-state index is -0.953. The van der Waals surface area contributed by atoms with Crippen LogP contribution in [0, 0.1) is 11.6 Å². The molecule has 306 valence electrons. The number of amides is 2. The highest BCUT2D eigenvalue weighted by Crippen LogP contribution is 2.34. The third-order valence-corrected chi connectivity index (χ3v) is 8.96. The second kappa shape index (κ2) is 19.5. The molecule has 2 amide bonds. The van der Waals surface area contributed by atoms with Crippen molar-refractivity contribution in [1.29, 1.82) is 0 Å². The molecule has 0 N–H and O–H groups in total. The van der Waals surface area contributed by atoms with E-state index in [0.29, 0.717) is 44.9 Å². The molecule has 0 aliphatic carbocycles. The topological polar surface area (TPSA) is 104 Å². The number of halogens is 2. The van der Waals surface area contributed by atoms with Gasteiger partial charge >= 0.3 is 18.2 Å². The number of rotatable bonds is 15. The fourth-order valence-corrected chi connectivity index (χ4v) is 6.23. The van der Waals surface area contributed by atoms with Crippen LogP contribution in [0.3, 0.4) is 0 Å². The van der Waals surface area contributed by atoms with Crippen molar-refractivity contribution in [2.45, 2.75) is 84.6 Å². The number of hydrogen-bond acceptors (Lipinski definition) is 8. The summed E-state index contributed by atoms with van der Waals surface area (Å²) in [5.74, 6) is -1.35. The summed E-state index contributed by atoms with van der Waals surface area (Å²) in [5, 5.41) is 0. The van der Waals surface area contributed by atoms with Gasteiger partial charge in [0, 0.05) is 24.2 Å². The van der Waals surface area contributed by atoms with Crippen LogP contribution < -0.4 is 9.47 Å². The van der Waals surface area contributed by atoms with Crippen LogP contribution in [0.5, 0.6) is 11.5 Å². The molecule has 0 unspecified atom stereocenters. The smallest absolute Gasteiger partial charge is 0.410 e. The Balaban J connectivity index is 1.73. The number of nitrogens with zero attached hydrogens (tertiary/aromatic N) is 2. The molecule has 0 radical (unpaired) electrons. The highest BCUT2D eigenvalue weighted by atomic mass is 19.1. The van der Waals surface area contributed by atoms with Gasteiger partial charge in [0.2, 0.25) is 0 Å². The maximum atomic E-state index is 14.6. The minimum absolute atomic E-state index is 0.0228. The van der Waals surface area contributed by atoms with Crippen LogP contribution in [0.25, 0.3) is 0 Å². The van der Waals surface area contributed by atoms with E-state index < -0.39 is 35.3 Å². The molecule has 0 bridgehead atoms. The molecule has 0 heterocycles. The van der Waals surface area contributed by atoms with E-state index in [9.17, 15) is 23.2 Å². The molecule has 4 aromatic rings. The number of esters is 1. The third-order valence-electron chi connectivity index (χ3n) is 8.96. The summed E-state index contributed by atoms with van der Waals surface area (Å²) in [4.78, 5) is 43.7. The van der Waals surface area contributed by atoms with Crippen molar-refractivity contribution in [2.24, 2.45) is 0 Å². The molecule has 12 heteroatoms. The Kier molecular flexibility index (Phi) is 15.1. The van der Waals surface area contributed by atoms with E-state index >= 15 is 0 Å². The summed E-state index contributed by atoms with van der Waals surface area (Å²) in [6.07, 6.45) is -0.734. The zero-order valence-electron chi connectivity index (χ0n) is 34.3. The summed E-state index contributed by atoms with van der Waals surface area (Å²) in [7, 11) is 4.31. The van der Waals surface area contributed by atoms with Gasteiger partial charge in [-0.05, 0) is 113 Å². The summed E-state index contributed by atoms with van der Waals surface area (Å²) in [6.45, 7) is 10.9. The number of carbonyl (C=O) groups is 3. The summed E-state index contributed by atoms with van der Waals surface area (Å²) >= 11 is 0. The molecule has 57 heavy (non-hydrogen) atoms. The van der Waals surface area contributed by atoms with E-state index in [0.717, 1.165) is 0 Å². The first-order valence-electron chi connectivity index (χ1n) is 18.8. The molecule has 0 atom stereocenters. The van der Waals surface area contributed by atoms with Crippen molar-refractivity contribution in [3.8, 4) is 11.5 Å². The summed E-state index contributed by atoms with van der Waals surface area (Å²) in [5.41, 5.74) is 1.53. The van der Waals surface area contributed by atoms with E-state index in [1.165, 1.54) is 43.3 Å². The molecule has 4 aromatic carbocycles. The monoisotopic (exact) mass is 788 g/mol. The average Bonchev–Trinajstić information content (AvgIpc) is 3.14. The maximum Gasteiger partial charge on any atom is 0.410 e. The SMILES string of the molecule is COC(=O)C(c1ccc(OC)c(CN(CCc2ccccc2F)C(=O)OC(C)(C)C)c1)c1ccc(OC)c(CN(CCc2ccccc2F)C(=O)OC(C)(C)C)c1. The molecule has 10 nitrogen and oxygen atoms in total. The predicted molar refractivity (Wildman–Crippen MR) is 213 cm³/mol. The molecular weight excluding hydrogens is 734 g/mol. The van der Waals surface area contributed by atoms with Gasteiger partial charge in [-0.1, -0.05) is 48.5 Å². The van der Waals surface area contributed by atoms with Crippen molar-refractivity contribution < 1.29 is 46.8 Å². The zero-order chi connectivity index (χ0) is 41.9. The standard InChI is InChI=1S/C45H54F2N2O8/c1-44(2,3)56-42(51)48(24-22-30-14-10-12-16-36(30)46)28-34-26-32(18-20-38(34)53-7)40(41(50)55-9)33-19-21-39(54-8)35(27-33)29-49(43(52)57-45(4,5)6)25-23-31-15-11-13-17-37(31)47/h10-21,26-27,40H,22-25,28-29H2,1-9H3. The summed E-state index contributed by atoms with van der Waals surface area (Å²) in [6, 6.07) is 23.2. The van der Waals surface area contributed by atoms with Crippen LogP contribution in [0.4, 0.5) is 18.4 Å². The van der Waals surface area contributed by atoms with Crippen LogP contribution in [0.2, 0.25) is 0 Å². The third kappa shape index (κ3) is 12.7. The quantitative estimate of drug-likeness (QED) is 0.0868. The molecular formula is C45H54F2N2O8. The normalized spacial score (nSPS) is 11.5. The Labute approximate surface area is 334 Å². The lowest BCUT2D eigenvalue weighted by molar-refractivity contribution is -0.141. The van der Waals surface area contributed by atoms with Crippen molar-refractivity contribution in [2.75, 3.05) is 34.4 Å². The number of methoxy groups -OCH3 is 3. The van der Waals surface area contributed by atoms with Gasteiger partial charge in [-0.15, -0.1) is 0 Å². The van der Waals surface area contributed by atoms with Crippen molar-refractivity contribution in [1.82, 2.24) is 9.80 Å². The second-order valence-corrected chi connectivity index (χ2v) is 15.6. The fraction of sp³-hybridized carbons (Fsp3) is 0.400. The fourth-order valence-electron chi connectivity index (χ4n) is 6.23. The number of carbonyl (C=O) groups excluding carboxylic acids is 3. The van der Waals surface area contributed by atoms with Crippen LogP contribution in [0.1, 0.15) is 80.8 Å². The lowest BCUT2D eigenvalue weighted by Gasteiger charge is -2.29. The molecule has 0 spiro atoms. The average molecular weight is 789 g/mol. The largest absolute Gasteiger partial charge is 0.496 e. The highest BCUT2D eigenvalue weighted by Gasteiger charge is 2.29. The van der Waals surface area contributed by atoms with E-state index in [-0.39, 0.29) is 50.7 Å². The van der Waals surface area contributed by atoms with Gasteiger partial charge in [-0.2, -0.15) is 0 Å². The first-order chi connectivity index (χ1) is 26.9. The molecule has 0 aliphatic heterocycles. The lowest BCUT2D eigenvalue weighted by atomic mass is 9.88. The van der Waals surface area contributed by atoms with Gasteiger partial charge in [-0.25, -0.2) is 18.4 Å².